The molecule has 0 spiro atoms. The second-order valence-corrected chi connectivity index (χ2v) is 6.93. The zero-order chi connectivity index (χ0) is 21.1. The number of hydrogen-bond acceptors (Lipinski definition) is 6. The normalized spacial score (nSPS) is 32.3. The third-order valence-corrected chi connectivity index (χ3v) is 4.80. The zero-order valence-electron chi connectivity index (χ0n) is 15.8. The van der Waals surface area contributed by atoms with Crippen molar-refractivity contribution >= 4 is 11.7 Å². The van der Waals surface area contributed by atoms with Crippen LogP contribution in [0.5, 0.6) is 5.75 Å². The fourth-order valence-electron chi connectivity index (χ4n) is 3.16. The summed E-state index contributed by atoms with van der Waals surface area (Å²) in [5.74, 6) is -3.23. The molecule has 0 radical (unpaired) electrons. The molecule has 1 heterocycles. The molecule has 28 heavy (non-hydrogen) atoms. The van der Waals surface area contributed by atoms with Crippen LogP contribution in [0, 0.1) is 5.92 Å². The summed E-state index contributed by atoms with van der Waals surface area (Å²) in [6.07, 6.45) is -6.86. The predicted octanol–water partition coefficient (Wildman–Crippen LogP) is 0.958. The highest BCUT2D eigenvalue weighted by Gasteiger charge is 2.54. The highest BCUT2D eigenvalue weighted by atomic mass is 19.2. The minimum atomic E-state index is -2.82. The number of methoxy groups -OCH3 is 1. The largest absolute Gasteiger partial charge is 0.497 e. The summed E-state index contributed by atoms with van der Waals surface area (Å²) in [5, 5.41) is 33.6. The van der Waals surface area contributed by atoms with E-state index in [4.69, 9.17) is 14.6 Å². The molecule has 2 amide bonds. The smallest absolute Gasteiger partial charge is 0.319 e. The molecule has 1 fully saturated rings. The van der Waals surface area contributed by atoms with Crippen LogP contribution in [-0.2, 0) is 4.74 Å². The van der Waals surface area contributed by atoms with Gasteiger partial charge >= 0.3 is 6.03 Å². The molecular formula is C18H26F2N2O6. The quantitative estimate of drug-likeness (QED) is 0.482. The number of hydrogen-bond donors (Lipinski definition) is 5. The Morgan fingerprint density at radius 3 is 2.71 bits per heavy atom. The molecule has 1 aromatic rings. The van der Waals surface area contributed by atoms with Gasteiger partial charge in [0.15, 0.2) is 6.17 Å². The Morgan fingerprint density at radius 2 is 2.11 bits per heavy atom. The number of alkyl halides is 2. The first kappa shape index (κ1) is 22.3. The van der Waals surface area contributed by atoms with Crippen molar-refractivity contribution in [1.82, 2.24) is 5.32 Å². The minimum absolute atomic E-state index is 0.377. The molecule has 1 saturated heterocycles. The number of amides is 2. The maximum Gasteiger partial charge on any atom is 0.319 e. The lowest BCUT2D eigenvalue weighted by atomic mass is 9.82. The predicted molar refractivity (Wildman–Crippen MR) is 96.5 cm³/mol. The van der Waals surface area contributed by atoms with Gasteiger partial charge in [-0.05, 0) is 19.1 Å². The maximum absolute atomic E-state index is 14.7. The van der Waals surface area contributed by atoms with Crippen molar-refractivity contribution in [2.75, 3.05) is 19.0 Å². The van der Waals surface area contributed by atoms with Crippen molar-refractivity contribution in [1.29, 1.82) is 0 Å². The van der Waals surface area contributed by atoms with Crippen LogP contribution < -0.4 is 15.4 Å². The van der Waals surface area contributed by atoms with Crippen molar-refractivity contribution in [3.8, 4) is 5.75 Å². The van der Waals surface area contributed by atoms with Gasteiger partial charge in [-0.15, -0.1) is 0 Å². The number of carbonyl (C=O) groups excluding carboxylic acids is 1. The summed E-state index contributed by atoms with van der Waals surface area (Å²) >= 11 is 0. The number of halogens is 2. The molecule has 2 unspecified atom stereocenters. The van der Waals surface area contributed by atoms with Crippen LogP contribution in [0.3, 0.4) is 0 Å². The van der Waals surface area contributed by atoms with E-state index in [1.165, 1.54) is 14.0 Å². The van der Waals surface area contributed by atoms with E-state index in [0.29, 0.717) is 11.4 Å². The van der Waals surface area contributed by atoms with E-state index >= 15 is 0 Å². The maximum atomic E-state index is 14.7. The van der Waals surface area contributed by atoms with Crippen LogP contribution >= 0.6 is 0 Å². The Kier molecular flexibility index (Phi) is 7.16. The van der Waals surface area contributed by atoms with Crippen LogP contribution in [0.4, 0.5) is 19.3 Å². The second kappa shape index (κ2) is 8.99. The summed E-state index contributed by atoms with van der Waals surface area (Å²) in [7, 11) is 1.46. The van der Waals surface area contributed by atoms with E-state index in [9.17, 15) is 23.8 Å². The number of nitrogens with one attached hydrogen (secondary N) is 2. The van der Waals surface area contributed by atoms with Crippen molar-refractivity contribution in [3.63, 3.8) is 0 Å². The highest BCUT2D eigenvalue weighted by molar-refractivity contribution is 5.89. The molecule has 2 rings (SSSR count). The number of carbonyl (C=O) groups is 1. The Balaban J connectivity index is 2.15. The number of urea groups is 1. The highest BCUT2D eigenvalue weighted by Crippen LogP contribution is 2.38. The molecular weight excluding hydrogens is 378 g/mol. The van der Waals surface area contributed by atoms with Crippen molar-refractivity contribution in [2.45, 2.75) is 50.2 Å². The van der Waals surface area contributed by atoms with Gasteiger partial charge in [0, 0.05) is 17.7 Å². The Morgan fingerprint density at radius 1 is 1.43 bits per heavy atom. The van der Waals surface area contributed by atoms with Gasteiger partial charge in [-0.25, -0.2) is 13.6 Å². The Bertz CT molecular complexity index is 677. The van der Waals surface area contributed by atoms with Gasteiger partial charge in [-0.3, -0.25) is 0 Å². The molecule has 10 heteroatoms. The van der Waals surface area contributed by atoms with Crippen molar-refractivity contribution < 1.29 is 38.4 Å². The first-order valence-corrected chi connectivity index (χ1v) is 8.80. The lowest BCUT2D eigenvalue weighted by Crippen LogP contribution is -2.65. The Labute approximate surface area is 161 Å². The van der Waals surface area contributed by atoms with E-state index in [1.54, 1.807) is 24.3 Å². The van der Waals surface area contributed by atoms with Gasteiger partial charge in [-0.1, -0.05) is 13.0 Å². The van der Waals surface area contributed by atoms with Crippen LogP contribution in [-0.4, -0.2) is 71.4 Å². The van der Waals surface area contributed by atoms with Crippen LogP contribution in [0.15, 0.2) is 24.3 Å². The first-order chi connectivity index (χ1) is 13.1. The lowest BCUT2D eigenvalue weighted by molar-refractivity contribution is -0.280. The molecule has 0 aromatic heterocycles. The van der Waals surface area contributed by atoms with Gasteiger partial charge in [0.1, 0.15) is 18.0 Å². The fourth-order valence-corrected chi connectivity index (χ4v) is 3.16. The average Bonchev–Trinajstić information content (AvgIpc) is 2.67. The van der Waals surface area contributed by atoms with Gasteiger partial charge in [0.2, 0.25) is 5.85 Å². The lowest BCUT2D eigenvalue weighted by Gasteiger charge is -2.46. The van der Waals surface area contributed by atoms with E-state index in [1.807, 2.05) is 0 Å². The third kappa shape index (κ3) is 4.88. The standard InChI is InChI=1S/C18H26F2N2O6/c1-9-13(22-17(26)21-10-5-4-6-11(7-10)27-3)16(19)18(2,20)28-15(9)14(25)12(24)8-23/h4-7,9,12-16,23-25H,8H2,1-3H3,(H2,21,22,26)/t9-,12-,13-,14-,15-,16?,18?/m1/s1. The monoisotopic (exact) mass is 404 g/mol. The molecule has 158 valence electrons. The molecule has 0 bridgehead atoms. The van der Waals surface area contributed by atoms with Crippen LogP contribution in [0.1, 0.15) is 13.8 Å². The third-order valence-electron chi connectivity index (χ3n) is 4.80. The van der Waals surface area contributed by atoms with Gasteiger partial charge in [0.05, 0.1) is 25.9 Å². The van der Waals surface area contributed by atoms with Gasteiger partial charge < -0.3 is 35.4 Å². The van der Waals surface area contributed by atoms with Gasteiger partial charge in [0.25, 0.3) is 0 Å². The number of rotatable bonds is 6. The average molecular weight is 404 g/mol. The SMILES string of the molecule is COc1cccc(NC(=O)N[C@H]2C(F)C(C)(F)O[C@@H]([C@H](O)[C@H](O)CO)[C@@H]2C)c1. The first-order valence-electron chi connectivity index (χ1n) is 8.80. The van der Waals surface area contributed by atoms with E-state index in [2.05, 4.69) is 10.6 Å². The molecule has 5 N–H and O–H groups in total. The summed E-state index contributed by atoms with van der Waals surface area (Å²) in [4.78, 5) is 12.3. The van der Waals surface area contributed by atoms with E-state index < -0.39 is 54.9 Å². The number of anilines is 1. The van der Waals surface area contributed by atoms with Crippen LogP contribution in [0.25, 0.3) is 0 Å². The molecule has 0 aliphatic carbocycles. The summed E-state index contributed by atoms with van der Waals surface area (Å²) in [6.45, 7) is 1.49. The Hall–Kier alpha value is -2.01. The molecule has 1 aliphatic heterocycles. The van der Waals surface area contributed by atoms with Crippen LogP contribution in [0.2, 0.25) is 0 Å². The molecule has 7 atom stereocenters. The van der Waals surface area contributed by atoms with Crippen molar-refractivity contribution in [2.24, 2.45) is 5.92 Å². The fraction of sp³-hybridized carbons (Fsp3) is 0.611. The number of benzene rings is 1. The summed E-state index contributed by atoms with van der Waals surface area (Å²) in [5.41, 5.74) is 0.377. The molecule has 8 nitrogen and oxygen atoms in total. The molecule has 0 saturated carbocycles. The second-order valence-electron chi connectivity index (χ2n) is 6.93. The summed E-state index contributed by atoms with van der Waals surface area (Å²) in [6, 6.07) is 4.30. The number of ether oxygens (including phenoxy) is 2. The molecule has 1 aliphatic rings. The minimum Gasteiger partial charge on any atom is -0.497 e. The molecule has 1 aromatic carbocycles. The van der Waals surface area contributed by atoms with Gasteiger partial charge in [-0.2, -0.15) is 0 Å². The number of aliphatic hydroxyl groups is 3. The van der Waals surface area contributed by atoms with Crippen molar-refractivity contribution in [3.05, 3.63) is 24.3 Å². The zero-order valence-corrected chi connectivity index (χ0v) is 15.8. The topological polar surface area (TPSA) is 120 Å². The summed E-state index contributed by atoms with van der Waals surface area (Å²) < 4.78 is 39.3. The van der Waals surface area contributed by atoms with E-state index in [0.717, 1.165) is 6.92 Å². The number of aliphatic hydroxyl groups excluding tert-OH is 3. The van der Waals surface area contributed by atoms with E-state index in [-0.39, 0.29) is 0 Å².